The van der Waals surface area contributed by atoms with Crippen molar-refractivity contribution in [1.82, 2.24) is 20.0 Å². The van der Waals surface area contributed by atoms with E-state index in [2.05, 4.69) is 26.1 Å². The lowest BCUT2D eigenvalue weighted by Gasteiger charge is -2.34. The van der Waals surface area contributed by atoms with Gasteiger partial charge in [-0.1, -0.05) is 0 Å². The zero-order chi connectivity index (χ0) is 13.4. The number of nitrogens with zero attached hydrogens (tertiary/aromatic N) is 3. The zero-order valence-corrected chi connectivity index (χ0v) is 12.3. The minimum atomic E-state index is 0.705. The quantitative estimate of drug-likeness (QED) is 0.913. The van der Waals surface area contributed by atoms with E-state index in [0.29, 0.717) is 5.92 Å². The Morgan fingerprint density at radius 2 is 2.05 bits per heavy atom. The van der Waals surface area contributed by atoms with Crippen LogP contribution in [0.2, 0.25) is 0 Å². The summed E-state index contributed by atoms with van der Waals surface area (Å²) < 4.78 is 0. The fourth-order valence-corrected chi connectivity index (χ4v) is 4.53. The van der Waals surface area contributed by atoms with Crippen LogP contribution >= 0.6 is 0 Å². The first-order valence-corrected chi connectivity index (χ1v) is 8.34. The summed E-state index contributed by atoms with van der Waals surface area (Å²) in [5, 5.41) is 7.22. The third kappa shape index (κ3) is 2.51. The maximum absolute atomic E-state index is 4.08. The number of aromatic nitrogens is 2. The summed E-state index contributed by atoms with van der Waals surface area (Å²) in [7, 11) is 0. The summed E-state index contributed by atoms with van der Waals surface area (Å²) in [5.74, 6) is 1.74. The van der Waals surface area contributed by atoms with Crippen LogP contribution in [0.15, 0.2) is 12.3 Å². The highest BCUT2D eigenvalue weighted by atomic mass is 15.2. The topological polar surface area (TPSA) is 35.2 Å². The molecule has 0 amide bonds. The third-order valence-corrected chi connectivity index (χ3v) is 5.78. The van der Waals surface area contributed by atoms with Gasteiger partial charge < -0.3 is 4.90 Å². The molecular weight excluding hydrogens is 248 g/mol. The lowest BCUT2D eigenvalue weighted by molar-refractivity contribution is 0.151. The largest absolute Gasteiger partial charge is 0.302 e. The Hall–Kier alpha value is -0.870. The standard InChI is InChI=1S/C16H26N4/c1-2-15-11-13(1)12-20(15)10-9-19-7-4-14(5-8-19)16-3-6-17-18-16/h3,6,13-15H,1-2,4-5,7-12H2,(H,17,18)/t13-,15+/m1/s1. The Labute approximate surface area is 121 Å². The van der Waals surface area contributed by atoms with E-state index in [1.165, 1.54) is 70.5 Å². The van der Waals surface area contributed by atoms with Crippen LogP contribution in [-0.2, 0) is 0 Å². The number of hydrogen-bond donors (Lipinski definition) is 1. The molecule has 1 saturated carbocycles. The van der Waals surface area contributed by atoms with Gasteiger partial charge in [0.05, 0.1) is 0 Å². The Morgan fingerprint density at radius 3 is 2.70 bits per heavy atom. The molecule has 3 fully saturated rings. The third-order valence-electron chi connectivity index (χ3n) is 5.78. The van der Waals surface area contributed by atoms with Gasteiger partial charge in [0.2, 0.25) is 0 Å². The second-order valence-corrected chi connectivity index (χ2v) is 6.96. The number of hydrogen-bond acceptors (Lipinski definition) is 3. The van der Waals surface area contributed by atoms with Crippen molar-refractivity contribution in [3.8, 4) is 0 Å². The molecular formula is C16H26N4. The molecule has 2 aliphatic heterocycles. The van der Waals surface area contributed by atoms with Crippen molar-refractivity contribution in [1.29, 1.82) is 0 Å². The van der Waals surface area contributed by atoms with Crippen LogP contribution in [0.1, 0.15) is 43.7 Å². The molecule has 110 valence electrons. The van der Waals surface area contributed by atoms with Crippen LogP contribution in [0.3, 0.4) is 0 Å². The molecule has 3 aliphatic rings. The average molecular weight is 274 g/mol. The van der Waals surface area contributed by atoms with Crippen molar-refractivity contribution in [3.63, 3.8) is 0 Å². The highest BCUT2D eigenvalue weighted by Crippen LogP contribution is 2.37. The van der Waals surface area contributed by atoms with Gasteiger partial charge in [0, 0.05) is 43.5 Å². The molecule has 3 heterocycles. The van der Waals surface area contributed by atoms with Crippen molar-refractivity contribution in [2.75, 3.05) is 32.7 Å². The number of piperidine rings is 2. The Bertz CT molecular complexity index is 422. The molecule has 20 heavy (non-hydrogen) atoms. The zero-order valence-electron chi connectivity index (χ0n) is 12.3. The second kappa shape index (κ2) is 5.49. The Kier molecular flexibility index (Phi) is 3.52. The summed E-state index contributed by atoms with van der Waals surface area (Å²) >= 11 is 0. The number of likely N-dealkylation sites (tertiary alicyclic amines) is 2. The summed E-state index contributed by atoms with van der Waals surface area (Å²) in [6.07, 6.45) is 8.90. The van der Waals surface area contributed by atoms with Crippen molar-refractivity contribution >= 4 is 0 Å². The number of fused-ring (bicyclic) bond motifs is 2. The normalized spacial score (nSPS) is 32.2. The summed E-state index contributed by atoms with van der Waals surface area (Å²) in [6, 6.07) is 3.07. The molecule has 2 saturated heterocycles. The number of nitrogens with one attached hydrogen (secondary N) is 1. The number of H-pyrrole nitrogens is 1. The second-order valence-electron chi connectivity index (χ2n) is 6.96. The van der Waals surface area contributed by atoms with E-state index in [9.17, 15) is 0 Å². The summed E-state index contributed by atoms with van der Waals surface area (Å²) in [5.41, 5.74) is 1.33. The van der Waals surface area contributed by atoms with Crippen LogP contribution in [0.25, 0.3) is 0 Å². The Balaban J connectivity index is 1.22. The SMILES string of the molecule is c1cc(C2CCN(CCN3C[C@@H]4CC[C@H]3C4)CC2)[nH]n1. The van der Waals surface area contributed by atoms with E-state index < -0.39 is 0 Å². The van der Waals surface area contributed by atoms with Crippen LogP contribution in [0.4, 0.5) is 0 Å². The van der Waals surface area contributed by atoms with E-state index in [-0.39, 0.29) is 0 Å². The molecule has 2 bridgehead atoms. The first-order valence-electron chi connectivity index (χ1n) is 8.34. The molecule has 4 nitrogen and oxygen atoms in total. The van der Waals surface area contributed by atoms with E-state index in [0.717, 1.165) is 12.0 Å². The van der Waals surface area contributed by atoms with E-state index in [1.54, 1.807) is 0 Å². The predicted octanol–water partition coefficient (Wildman–Crippen LogP) is 2.07. The van der Waals surface area contributed by atoms with Crippen molar-refractivity contribution in [3.05, 3.63) is 18.0 Å². The molecule has 4 heteroatoms. The fraction of sp³-hybridized carbons (Fsp3) is 0.812. The lowest BCUT2D eigenvalue weighted by atomic mass is 9.94. The highest BCUT2D eigenvalue weighted by Gasteiger charge is 2.37. The molecule has 1 aromatic heterocycles. The van der Waals surface area contributed by atoms with Crippen molar-refractivity contribution in [2.45, 2.75) is 44.1 Å². The van der Waals surface area contributed by atoms with Gasteiger partial charge in [0.15, 0.2) is 0 Å². The molecule has 0 radical (unpaired) electrons. The lowest BCUT2D eigenvalue weighted by Crippen LogP contribution is -2.41. The minimum absolute atomic E-state index is 0.705. The van der Waals surface area contributed by atoms with Gasteiger partial charge in [0.1, 0.15) is 0 Å². The molecule has 0 spiro atoms. The van der Waals surface area contributed by atoms with Crippen LogP contribution < -0.4 is 0 Å². The smallest absolute Gasteiger partial charge is 0.0490 e. The molecule has 1 aliphatic carbocycles. The average Bonchev–Trinajstić information content (AvgIpc) is 3.22. The number of rotatable bonds is 4. The van der Waals surface area contributed by atoms with Crippen molar-refractivity contribution in [2.24, 2.45) is 5.92 Å². The maximum atomic E-state index is 4.08. The van der Waals surface area contributed by atoms with Crippen molar-refractivity contribution < 1.29 is 0 Å². The monoisotopic (exact) mass is 274 g/mol. The predicted molar refractivity (Wildman–Crippen MR) is 79.7 cm³/mol. The first-order chi connectivity index (χ1) is 9.88. The van der Waals surface area contributed by atoms with E-state index >= 15 is 0 Å². The Morgan fingerprint density at radius 1 is 1.15 bits per heavy atom. The molecule has 4 rings (SSSR count). The van der Waals surface area contributed by atoms with Gasteiger partial charge in [-0.25, -0.2) is 0 Å². The molecule has 1 aromatic rings. The van der Waals surface area contributed by atoms with E-state index in [1.807, 2.05) is 6.20 Å². The first kappa shape index (κ1) is 12.8. The van der Waals surface area contributed by atoms with Gasteiger partial charge in [0.25, 0.3) is 0 Å². The van der Waals surface area contributed by atoms with Gasteiger partial charge in [-0.05, 0) is 57.2 Å². The van der Waals surface area contributed by atoms with Gasteiger partial charge in [-0.15, -0.1) is 0 Å². The molecule has 0 unspecified atom stereocenters. The molecule has 1 N–H and O–H groups in total. The van der Waals surface area contributed by atoms with Gasteiger partial charge in [-0.2, -0.15) is 5.10 Å². The minimum Gasteiger partial charge on any atom is -0.302 e. The summed E-state index contributed by atoms with van der Waals surface area (Å²) in [6.45, 7) is 6.47. The fourth-order valence-electron chi connectivity index (χ4n) is 4.53. The highest BCUT2D eigenvalue weighted by molar-refractivity contribution is 5.06. The van der Waals surface area contributed by atoms with Crippen LogP contribution in [0.5, 0.6) is 0 Å². The maximum Gasteiger partial charge on any atom is 0.0490 e. The van der Waals surface area contributed by atoms with Gasteiger partial charge in [-0.3, -0.25) is 10.00 Å². The molecule has 2 atom stereocenters. The van der Waals surface area contributed by atoms with E-state index in [4.69, 9.17) is 0 Å². The summed E-state index contributed by atoms with van der Waals surface area (Å²) in [4.78, 5) is 5.42. The number of aromatic amines is 1. The van der Waals surface area contributed by atoms with Crippen LogP contribution in [-0.4, -0.2) is 58.8 Å². The van der Waals surface area contributed by atoms with Crippen LogP contribution in [0, 0.1) is 5.92 Å². The van der Waals surface area contributed by atoms with Gasteiger partial charge >= 0.3 is 0 Å². The molecule has 0 aromatic carbocycles.